The van der Waals surface area contributed by atoms with Gasteiger partial charge < -0.3 is 5.73 Å². The zero-order chi connectivity index (χ0) is 15.9. The monoisotopic (exact) mass is 316 g/mol. The highest BCUT2D eigenvalue weighted by molar-refractivity contribution is 7.90. The number of benzene rings is 2. The Hall–Kier alpha value is -2.34. The van der Waals surface area contributed by atoms with Crippen LogP contribution in [0, 0.1) is 0 Å². The van der Waals surface area contributed by atoms with Crippen LogP contribution in [-0.4, -0.2) is 20.7 Å². The van der Waals surface area contributed by atoms with Crippen molar-refractivity contribution in [2.24, 2.45) is 5.73 Å². The third-order valence-corrected chi connectivity index (χ3v) is 4.95. The molecule has 3 rings (SSSR count). The molecule has 1 aliphatic rings. The number of hydrogen-bond donors (Lipinski definition) is 1. The third-order valence-electron chi connectivity index (χ3n) is 3.84. The minimum Gasteiger partial charge on any atom is -0.351 e. The van der Waals surface area contributed by atoms with Gasteiger partial charge in [0.2, 0.25) is 0 Å². The van der Waals surface area contributed by atoms with Crippen molar-refractivity contribution in [1.82, 2.24) is 0 Å². The van der Waals surface area contributed by atoms with E-state index in [0.717, 1.165) is 30.2 Å². The van der Waals surface area contributed by atoms with Gasteiger partial charge in [-0.3, -0.25) is 4.90 Å². The predicted molar refractivity (Wildman–Crippen MR) is 85.1 cm³/mol. The molecule has 6 heteroatoms. The molecule has 22 heavy (non-hydrogen) atoms. The lowest BCUT2D eigenvalue weighted by Crippen LogP contribution is -2.32. The molecule has 0 unspecified atom stereocenters. The fraction of sp³-hybridized carbons (Fsp3) is 0.188. The van der Waals surface area contributed by atoms with Crippen molar-refractivity contribution in [1.29, 1.82) is 0 Å². The summed E-state index contributed by atoms with van der Waals surface area (Å²) in [6.07, 6.45) is 2.64. The number of amides is 2. The molecule has 114 valence electrons. The van der Waals surface area contributed by atoms with Gasteiger partial charge in [0.25, 0.3) is 0 Å². The van der Waals surface area contributed by atoms with Gasteiger partial charge >= 0.3 is 6.03 Å². The maximum atomic E-state index is 12.0. The van der Waals surface area contributed by atoms with Crippen LogP contribution in [0.5, 0.6) is 0 Å². The van der Waals surface area contributed by atoms with Crippen LogP contribution < -0.4 is 10.6 Å². The van der Waals surface area contributed by atoms with Gasteiger partial charge in [0.15, 0.2) is 9.84 Å². The van der Waals surface area contributed by atoms with Crippen LogP contribution in [0.3, 0.4) is 0 Å². The zero-order valence-corrected chi connectivity index (χ0v) is 12.9. The molecule has 0 radical (unpaired) electrons. The molecule has 2 aromatic rings. The largest absolute Gasteiger partial charge is 0.351 e. The Morgan fingerprint density at radius 2 is 1.68 bits per heavy atom. The molecule has 0 saturated carbocycles. The van der Waals surface area contributed by atoms with Crippen molar-refractivity contribution >= 4 is 27.2 Å². The van der Waals surface area contributed by atoms with Gasteiger partial charge in [-0.05, 0) is 42.2 Å². The fourth-order valence-corrected chi connectivity index (χ4v) is 3.41. The molecule has 2 aromatic carbocycles. The van der Waals surface area contributed by atoms with E-state index in [1.54, 1.807) is 12.1 Å². The highest BCUT2D eigenvalue weighted by Gasteiger charge is 2.25. The minimum atomic E-state index is -3.35. The highest BCUT2D eigenvalue weighted by atomic mass is 32.2. The smallest absolute Gasteiger partial charge is 0.323 e. The van der Waals surface area contributed by atoms with Gasteiger partial charge in [0.05, 0.1) is 16.3 Å². The topological polar surface area (TPSA) is 80.5 Å². The second-order valence-corrected chi connectivity index (χ2v) is 7.38. The normalized spacial score (nSPS) is 14.0. The van der Waals surface area contributed by atoms with Crippen molar-refractivity contribution in [2.45, 2.75) is 17.7 Å². The molecular formula is C16H16N2O3S. The van der Waals surface area contributed by atoms with Crippen LogP contribution in [-0.2, 0) is 22.7 Å². The molecule has 1 aliphatic heterocycles. The third kappa shape index (κ3) is 2.46. The summed E-state index contributed by atoms with van der Waals surface area (Å²) in [6, 6.07) is 11.8. The van der Waals surface area contributed by atoms with Gasteiger partial charge in [-0.15, -0.1) is 0 Å². The van der Waals surface area contributed by atoms with Crippen molar-refractivity contribution in [3.05, 3.63) is 53.6 Å². The van der Waals surface area contributed by atoms with Crippen molar-refractivity contribution in [3.63, 3.8) is 0 Å². The Bertz CT molecular complexity index is 859. The van der Waals surface area contributed by atoms with Crippen molar-refractivity contribution in [2.75, 3.05) is 11.2 Å². The van der Waals surface area contributed by atoms with E-state index >= 15 is 0 Å². The van der Waals surface area contributed by atoms with Gasteiger partial charge in [-0.2, -0.15) is 0 Å². The number of para-hydroxylation sites is 1. The average Bonchev–Trinajstić information content (AvgIpc) is 2.62. The van der Waals surface area contributed by atoms with Gasteiger partial charge in [0, 0.05) is 6.26 Å². The number of carbonyl (C=O) groups is 1. The lowest BCUT2D eigenvalue weighted by atomic mass is 10.0. The van der Waals surface area contributed by atoms with Crippen LogP contribution in [0.15, 0.2) is 47.4 Å². The van der Waals surface area contributed by atoms with Gasteiger partial charge in [-0.25, -0.2) is 13.2 Å². The summed E-state index contributed by atoms with van der Waals surface area (Å²) in [5, 5.41) is 0. The number of primary amides is 1. The number of urea groups is 1. The van der Waals surface area contributed by atoms with Crippen LogP contribution in [0.25, 0.3) is 0 Å². The number of rotatable bonds is 1. The number of carbonyl (C=O) groups excluding carboxylic acids is 1. The minimum absolute atomic E-state index is 0.178. The molecular weight excluding hydrogens is 300 g/mol. The van der Waals surface area contributed by atoms with Crippen molar-refractivity contribution in [3.8, 4) is 0 Å². The van der Waals surface area contributed by atoms with E-state index in [9.17, 15) is 13.2 Å². The number of aryl methyl sites for hydroxylation is 2. The van der Waals surface area contributed by atoms with E-state index in [-0.39, 0.29) is 4.90 Å². The Kier molecular flexibility index (Phi) is 3.41. The van der Waals surface area contributed by atoms with Crippen LogP contribution in [0.4, 0.5) is 16.2 Å². The highest BCUT2D eigenvalue weighted by Crippen LogP contribution is 2.37. The van der Waals surface area contributed by atoms with E-state index in [1.165, 1.54) is 11.0 Å². The zero-order valence-electron chi connectivity index (χ0n) is 12.1. The molecule has 0 spiro atoms. The average molecular weight is 316 g/mol. The molecule has 0 fully saturated rings. The Morgan fingerprint density at radius 3 is 2.32 bits per heavy atom. The SMILES string of the molecule is CS(=O)(=O)c1ccc2c(c1)N(C(N)=O)c1ccccc1CC2. The second kappa shape index (κ2) is 5.14. The first-order chi connectivity index (χ1) is 10.4. The number of hydrogen-bond acceptors (Lipinski definition) is 3. The summed E-state index contributed by atoms with van der Waals surface area (Å²) < 4.78 is 23.6. The summed E-state index contributed by atoms with van der Waals surface area (Å²) in [6.45, 7) is 0. The van der Waals surface area contributed by atoms with Crippen molar-refractivity contribution < 1.29 is 13.2 Å². The quantitative estimate of drug-likeness (QED) is 0.877. The maximum Gasteiger partial charge on any atom is 0.323 e. The first-order valence-electron chi connectivity index (χ1n) is 6.88. The summed E-state index contributed by atoms with van der Waals surface area (Å²) in [4.78, 5) is 13.6. The Balaban J connectivity index is 2.27. The molecule has 5 nitrogen and oxygen atoms in total. The lowest BCUT2D eigenvalue weighted by Gasteiger charge is -2.23. The van der Waals surface area contributed by atoms with Crippen LogP contribution >= 0.6 is 0 Å². The number of nitrogens with zero attached hydrogens (tertiary/aromatic N) is 1. The van der Waals surface area contributed by atoms with E-state index in [1.807, 2.05) is 24.3 Å². The first kappa shape index (κ1) is 14.6. The molecule has 0 saturated heterocycles. The van der Waals surface area contributed by atoms with E-state index in [4.69, 9.17) is 5.73 Å². The summed E-state index contributed by atoms with van der Waals surface area (Å²) >= 11 is 0. The Labute approximate surface area is 129 Å². The lowest BCUT2D eigenvalue weighted by molar-refractivity contribution is 0.256. The maximum absolute atomic E-state index is 12.0. The molecule has 0 aliphatic carbocycles. The van der Waals surface area contributed by atoms with E-state index in [2.05, 4.69) is 0 Å². The predicted octanol–water partition coefficient (Wildman–Crippen LogP) is 2.41. The molecule has 0 aromatic heterocycles. The first-order valence-corrected chi connectivity index (χ1v) is 8.77. The standard InChI is InChI=1S/C16H16N2O3S/c1-22(20,21)13-9-8-12-7-6-11-4-2-3-5-14(11)18(16(17)19)15(12)10-13/h2-5,8-10H,6-7H2,1H3,(H2,17,19). The second-order valence-electron chi connectivity index (χ2n) is 5.37. The summed E-state index contributed by atoms with van der Waals surface area (Å²) in [7, 11) is -3.35. The number of nitrogens with two attached hydrogens (primary N) is 1. The summed E-state index contributed by atoms with van der Waals surface area (Å²) in [5.41, 5.74) is 8.73. The van der Waals surface area contributed by atoms with Crippen LogP contribution in [0.2, 0.25) is 0 Å². The Morgan fingerprint density at radius 1 is 1.05 bits per heavy atom. The summed E-state index contributed by atoms with van der Waals surface area (Å²) in [5.74, 6) is 0. The van der Waals surface area contributed by atoms with Crippen LogP contribution in [0.1, 0.15) is 11.1 Å². The van der Waals surface area contributed by atoms with Gasteiger partial charge in [0.1, 0.15) is 0 Å². The number of anilines is 2. The number of fused-ring (bicyclic) bond motifs is 2. The van der Waals surface area contributed by atoms with Gasteiger partial charge in [-0.1, -0.05) is 24.3 Å². The molecule has 2 amide bonds. The molecule has 2 N–H and O–H groups in total. The van der Waals surface area contributed by atoms with E-state index < -0.39 is 15.9 Å². The molecule has 0 bridgehead atoms. The molecule has 1 heterocycles. The fourth-order valence-electron chi connectivity index (χ4n) is 2.77. The molecule has 0 atom stereocenters. The van der Waals surface area contributed by atoms with E-state index in [0.29, 0.717) is 11.4 Å². The number of sulfone groups is 1.